The number of hydrogen-bond donors (Lipinski definition) is 0. The molecule has 0 unspecified atom stereocenters. The molecule has 0 heterocycles. The van der Waals surface area contributed by atoms with Crippen LogP contribution in [0.25, 0.3) is 0 Å². The molecule has 0 aliphatic heterocycles. The van der Waals surface area contributed by atoms with Crippen molar-refractivity contribution in [1.82, 2.24) is 0 Å². The zero-order valence-corrected chi connectivity index (χ0v) is 78.2. The predicted octanol–water partition coefficient (Wildman–Crippen LogP) is 23.3. The average Bonchev–Trinajstić information content (AvgIpc) is 0.810. The van der Waals surface area contributed by atoms with Crippen molar-refractivity contribution < 1.29 is 124 Å². The third-order valence-corrected chi connectivity index (χ3v) is 21.1. The quantitative estimate of drug-likeness (QED) is 0.00853. The summed E-state index contributed by atoms with van der Waals surface area (Å²) in [6.07, 6.45) is 30.7. The van der Waals surface area contributed by atoms with Crippen LogP contribution in [0, 0.1) is 11.8 Å². The highest BCUT2D eigenvalue weighted by molar-refractivity contribution is 6.00. The van der Waals surface area contributed by atoms with Crippen LogP contribution in [0.15, 0.2) is 220 Å². The van der Waals surface area contributed by atoms with E-state index in [9.17, 15) is 38.4 Å². The Hall–Kier alpha value is -14.2. The number of carbonyl (C=O) groups is 10. The molecule has 0 aliphatic carbocycles. The number of benzene rings is 8. The fourth-order valence-electron chi connectivity index (χ4n) is 13.5. The molecule has 136 heavy (non-hydrogen) atoms. The van der Waals surface area contributed by atoms with Crippen LogP contribution in [-0.2, 0) is 38.1 Å². The van der Waals surface area contributed by atoms with Crippen LogP contribution in [0.2, 0.25) is 0 Å². The van der Waals surface area contributed by atoms with E-state index in [4.69, 9.17) is 75.8 Å². The van der Waals surface area contributed by atoms with Gasteiger partial charge in [-0.1, -0.05) is 129 Å². The molecule has 0 atom stereocenters. The minimum absolute atomic E-state index is 0.0798. The normalized spacial score (nSPS) is 10.6. The van der Waals surface area contributed by atoms with E-state index in [1.165, 1.54) is 97.1 Å². The van der Waals surface area contributed by atoms with Gasteiger partial charge in [-0.05, 0) is 273 Å². The second-order valence-corrected chi connectivity index (χ2v) is 31.8. The number of unbranched alkanes of at least 4 members (excludes halogenated alkanes) is 24. The highest BCUT2D eigenvalue weighted by Gasteiger charge is 2.27. The lowest BCUT2D eigenvalue weighted by Gasteiger charge is -2.15. The van der Waals surface area contributed by atoms with Crippen LogP contribution in [0.5, 0.6) is 69.0 Å². The standard InChI is InChI=1S/C110H126O26/c1-7-13-15-17-19-21-35-71-125-97-63-43-81(77-99(97)135-109(119)93-79-91(131-105(115)83-45-53-87(54-46-83)121-67-31-23-27-37-73-127-101(111)9-3)61-65-95(93)133-107(117)85-49-57-89(58-50-85)123-69-33-25-29-39-75-129-103(113)11-5)41-42-82-44-64-98(126-72-36-22-20-18-16-14-8-2)100(78-82)136-110(120)94-80-92(132-106(116)84-47-55-88(56-48-84)122-68-32-24-28-38-74-128-102(112)10-4)62-66-96(94)134-108(118)86-51-59-90(60-52-86)124-70-34-26-30-40-76-130-104(114)12-6/h9-12,43-66,77-80H,3-8,13-40,67-76H2,1-2H3. The molecule has 0 amide bonds. The Bertz CT molecular complexity index is 4890. The molecule has 8 aromatic rings. The maximum atomic E-state index is 15.2. The lowest BCUT2D eigenvalue weighted by Crippen LogP contribution is -2.16. The Morgan fingerprint density at radius 3 is 0.706 bits per heavy atom. The smallest absolute Gasteiger partial charge is 0.347 e. The molecule has 0 fully saturated rings. The monoisotopic (exact) mass is 1860 g/mol. The summed E-state index contributed by atoms with van der Waals surface area (Å²) in [5.41, 5.74) is 0.513. The van der Waals surface area contributed by atoms with Crippen molar-refractivity contribution in [3.05, 3.63) is 265 Å². The lowest BCUT2D eigenvalue weighted by atomic mass is 10.1. The maximum Gasteiger partial charge on any atom is 0.347 e. The van der Waals surface area contributed by atoms with E-state index in [0.717, 1.165) is 178 Å². The van der Waals surface area contributed by atoms with Crippen molar-refractivity contribution in [2.45, 2.75) is 206 Å². The number of hydrogen-bond acceptors (Lipinski definition) is 26. The Balaban J connectivity index is 1.08. The van der Waals surface area contributed by atoms with Crippen molar-refractivity contribution in [1.29, 1.82) is 0 Å². The maximum absolute atomic E-state index is 15.2. The van der Waals surface area contributed by atoms with Crippen LogP contribution in [0.3, 0.4) is 0 Å². The first-order valence-electron chi connectivity index (χ1n) is 47.1. The molecule has 0 aromatic heterocycles. The van der Waals surface area contributed by atoms with E-state index in [1.807, 2.05) is 0 Å². The molecule has 8 rings (SSSR count). The first-order valence-corrected chi connectivity index (χ1v) is 47.1. The summed E-state index contributed by atoms with van der Waals surface area (Å²) in [6.45, 7) is 21.3. The summed E-state index contributed by atoms with van der Waals surface area (Å²) >= 11 is 0. The second kappa shape index (κ2) is 63.1. The fraction of sp³-hybridized carbons (Fsp3) is 0.382. The van der Waals surface area contributed by atoms with Crippen molar-refractivity contribution in [3.8, 4) is 80.8 Å². The number of rotatable bonds is 66. The van der Waals surface area contributed by atoms with Crippen LogP contribution < -0.4 is 56.8 Å². The molecule has 8 aromatic carbocycles. The first-order chi connectivity index (χ1) is 66.3. The molecular formula is C110H126O26. The van der Waals surface area contributed by atoms with Crippen molar-refractivity contribution in [3.63, 3.8) is 0 Å². The second-order valence-electron chi connectivity index (χ2n) is 31.8. The van der Waals surface area contributed by atoms with Crippen LogP contribution in [-0.4, -0.2) is 126 Å². The molecule has 26 nitrogen and oxygen atoms in total. The topological polar surface area (TPSA) is 318 Å². The highest BCUT2D eigenvalue weighted by atomic mass is 16.6. The van der Waals surface area contributed by atoms with Gasteiger partial charge in [0, 0.05) is 47.6 Å². The Morgan fingerprint density at radius 2 is 0.441 bits per heavy atom. The zero-order chi connectivity index (χ0) is 97.0. The van der Waals surface area contributed by atoms with Gasteiger partial charge < -0.3 is 75.8 Å². The van der Waals surface area contributed by atoms with Gasteiger partial charge in [0.1, 0.15) is 57.1 Å². The number of carbonyl (C=O) groups excluding carboxylic acids is 10. The summed E-state index contributed by atoms with van der Waals surface area (Å²) in [5.74, 6) is 0.560. The third-order valence-electron chi connectivity index (χ3n) is 21.1. The minimum Gasteiger partial charge on any atom is -0.494 e. The average molecular weight is 1860 g/mol. The Labute approximate surface area is 797 Å². The van der Waals surface area contributed by atoms with Gasteiger partial charge in [0.15, 0.2) is 23.0 Å². The van der Waals surface area contributed by atoms with E-state index in [-0.39, 0.29) is 92.6 Å². The minimum atomic E-state index is -1.05. The Morgan fingerprint density at radius 1 is 0.221 bits per heavy atom. The molecule has 0 radical (unpaired) electrons. The fourth-order valence-corrected chi connectivity index (χ4v) is 13.5. The molecule has 0 bridgehead atoms. The van der Waals surface area contributed by atoms with Gasteiger partial charge in [0.05, 0.1) is 88.3 Å². The largest absolute Gasteiger partial charge is 0.494 e. The van der Waals surface area contributed by atoms with Crippen molar-refractivity contribution in [2.75, 3.05) is 66.1 Å². The lowest BCUT2D eigenvalue weighted by molar-refractivity contribution is -0.138. The van der Waals surface area contributed by atoms with Gasteiger partial charge in [0.2, 0.25) is 0 Å². The van der Waals surface area contributed by atoms with Gasteiger partial charge in [-0.25, -0.2) is 47.9 Å². The first kappa shape index (κ1) is 107. The van der Waals surface area contributed by atoms with Gasteiger partial charge in [-0.3, -0.25) is 0 Å². The molecule has 0 spiro atoms. The molecule has 0 aliphatic rings. The summed E-state index contributed by atoms with van der Waals surface area (Å²) in [4.78, 5) is 132. The SMILES string of the molecule is C=CC(=O)OCCCCCCOc1ccc(C(=O)Oc2ccc(OC(=O)c3ccc(OCCCCCCOC(=O)C=C)cc3)c(C(=O)Oc3cc(C#Cc4ccc(OCCCCCCCCC)c(OC(=O)c5cc(OC(=O)c6ccc(OCCCCCCOC(=O)C=C)cc6)ccc5OC(=O)c5ccc(OCCCCCCOC(=O)C=C)cc5)c4)ccc3OCCCCCCCCC)c2)cc1. The summed E-state index contributed by atoms with van der Waals surface area (Å²) in [7, 11) is 0. The predicted molar refractivity (Wildman–Crippen MR) is 515 cm³/mol. The van der Waals surface area contributed by atoms with Crippen LogP contribution in [0.1, 0.15) is 280 Å². The third kappa shape index (κ3) is 41.1. The summed E-state index contributed by atoms with van der Waals surface area (Å²) < 4.78 is 93.2. The van der Waals surface area contributed by atoms with E-state index in [0.29, 0.717) is 126 Å². The van der Waals surface area contributed by atoms with Crippen LogP contribution in [0.4, 0.5) is 0 Å². The summed E-state index contributed by atoms with van der Waals surface area (Å²) in [6, 6.07) is 42.6. The van der Waals surface area contributed by atoms with E-state index >= 15 is 9.59 Å². The molecule has 26 heteroatoms. The van der Waals surface area contributed by atoms with Crippen molar-refractivity contribution in [2.24, 2.45) is 0 Å². The van der Waals surface area contributed by atoms with Gasteiger partial charge >= 0.3 is 59.7 Å². The molecule has 722 valence electrons. The molecule has 0 saturated heterocycles. The van der Waals surface area contributed by atoms with Gasteiger partial charge in [-0.15, -0.1) is 0 Å². The highest BCUT2D eigenvalue weighted by Crippen LogP contribution is 2.37. The van der Waals surface area contributed by atoms with Gasteiger partial charge in [-0.2, -0.15) is 0 Å². The van der Waals surface area contributed by atoms with E-state index < -0.39 is 59.7 Å². The van der Waals surface area contributed by atoms with Crippen LogP contribution >= 0.6 is 0 Å². The number of esters is 10. The molecular weight excluding hydrogens is 1740 g/mol. The van der Waals surface area contributed by atoms with E-state index in [1.54, 1.807) is 72.8 Å². The van der Waals surface area contributed by atoms with Gasteiger partial charge in [0.25, 0.3) is 0 Å². The zero-order valence-electron chi connectivity index (χ0n) is 78.2. The summed E-state index contributed by atoms with van der Waals surface area (Å²) in [5, 5.41) is 0. The number of ether oxygens (including phenoxy) is 16. The molecule has 0 N–H and O–H groups in total. The Kier molecular flexibility index (Phi) is 49.7. The molecule has 0 saturated carbocycles. The van der Waals surface area contributed by atoms with Crippen molar-refractivity contribution >= 4 is 59.7 Å². The van der Waals surface area contributed by atoms with E-state index in [2.05, 4.69) is 52.0 Å².